The number of nitrogens with zero attached hydrogens (tertiary/aromatic N) is 2. The van der Waals surface area contributed by atoms with Crippen LogP contribution in [0.15, 0.2) is 23.6 Å². The van der Waals surface area contributed by atoms with Gasteiger partial charge in [0.1, 0.15) is 17.4 Å². The molecule has 0 aliphatic carbocycles. The second-order valence-corrected chi connectivity index (χ2v) is 7.92. The number of hydrogen-bond acceptors (Lipinski definition) is 6. The van der Waals surface area contributed by atoms with Gasteiger partial charge in [0.2, 0.25) is 0 Å². The van der Waals surface area contributed by atoms with Crippen molar-refractivity contribution in [2.75, 3.05) is 20.3 Å². The zero-order valence-electron chi connectivity index (χ0n) is 16.6. The van der Waals surface area contributed by atoms with Gasteiger partial charge in [0.15, 0.2) is 5.76 Å². The van der Waals surface area contributed by atoms with E-state index in [-0.39, 0.29) is 18.6 Å². The van der Waals surface area contributed by atoms with Gasteiger partial charge < -0.3 is 14.9 Å². The summed E-state index contributed by atoms with van der Waals surface area (Å²) in [6, 6.07) is -0.640. The first kappa shape index (κ1) is 20.3. The van der Waals surface area contributed by atoms with Crippen LogP contribution in [0.5, 0.6) is 0 Å². The molecule has 3 rings (SSSR count). The highest BCUT2D eigenvalue weighted by atomic mass is 16.7. The van der Waals surface area contributed by atoms with Gasteiger partial charge in [-0.3, -0.25) is 14.5 Å². The third kappa shape index (κ3) is 3.31. The Bertz CT molecular complexity index is 630. The second kappa shape index (κ2) is 7.91. The Morgan fingerprint density at radius 3 is 2.78 bits per heavy atom. The summed E-state index contributed by atoms with van der Waals surface area (Å²) in [7, 11) is 1.42. The summed E-state index contributed by atoms with van der Waals surface area (Å²) in [5.41, 5.74) is -0.499. The summed E-state index contributed by atoms with van der Waals surface area (Å²) in [5.74, 6) is 0.0711. The molecule has 152 valence electrons. The summed E-state index contributed by atoms with van der Waals surface area (Å²) in [4.78, 5) is 20.3. The third-order valence-electron chi connectivity index (χ3n) is 6.12. The molecule has 1 saturated heterocycles. The Morgan fingerprint density at radius 1 is 1.41 bits per heavy atom. The molecule has 0 saturated carbocycles. The smallest absolute Gasteiger partial charge is 0.283 e. The van der Waals surface area contributed by atoms with Gasteiger partial charge >= 0.3 is 0 Å². The van der Waals surface area contributed by atoms with Crippen LogP contribution in [-0.2, 0) is 14.4 Å². The van der Waals surface area contributed by atoms with Crippen molar-refractivity contribution in [3.8, 4) is 0 Å². The Labute approximate surface area is 161 Å². The highest BCUT2D eigenvalue weighted by molar-refractivity contribution is 6.00. The van der Waals surface area contributed by atoms with E-state index in [0.29, 0.717) is 23.5 Å². The Balaban J connectivity index is 2.02. The van der Waals surface area contributed by atoms with Crippen molar-refractivity contribution in [3.63, 3.8) is 0 Å². The van der Waals surface area contributed by atoms with Gasteiger partial charge in [-0.2, -0.15) is 5.06 Å². The molecule has 27 heavy (non-hydrogen) atoms. The van der Waals surface area contributed by atoms with Crippen LogP contribution >= 0.6 is 0 Å². The van der Waals surface area contributed by atoms with Crippen molar-refractivity contribution < 1.29 is 24.6 Å². The Kier molecular flexibility index (Phi) is 5.96. The molecule has 3 heterocycles. The highest BCUT2D eigenvalue weighted by Gasteiger charge is 2.57. The van der Waals surface area contributed by atoms with Crippen LogP contribution in [0.2, 0.25) is 0 Å². The number of aliphatic hydroxyl groups excluding tert-OH is 1. The SMILES string of the molecule is C=C1C2=C(C(=O)N1OC)[C@@H](N1CCC[C@@H]1CO)[C@@](C)(O)[C@H](CCCCC)O2. The summed E-state index contributed by atoms with van der Waals surface area (Å²) >= 11 is 0. The van der Waals surface area contributed by atoms with Crippen LogP contribution in [-0.4, -0.2) is 70.1 Å². The van der Waals surface area contributed by atoms with Gasteiger partial charge in [-0.1, -0.05) is 26.3 Å². The molecule has 0 aromatic rings. The number of hydrogen-bond donors (Lipinski definition) is 2. The van der Waals surface area contributed by atoms with E-state index in [9.17, 15) is 15.0 Å². The van der Waals surface area contributed by atoms with Gasteiger partial charge in [-0.25, -0.2) is 0 Å². The normalized spacial score (nSPS) is 34.4. The van der Waals surface area contributed by atoms with Gasteiger partial charge in [0, 0.05) is 6.04 Å². The first-order valence-corrected chi connectivity index (χ1v) is 9.96. The molecule has 7 heteroatoms. The van der Waals surface area contributed by atoms with Crippen molar-refractivity contribution in [2.45, 2.75) is 76.2 Å². The van der Waals surface area contributed by atoms with E-state index in [1.54, 1.807) is 6.92 Å². The van der Waals surface area contributed by atoms with Crippen LogP contribution in [0.4, 0.5) is 0 Å². The fraction of sp³-hybridized carbons (Fsp3) is 0.750. The van der Waals surface area contributed by atoms with E-state index in [1.165, 1.54) is 7.11 Å². The summed E-state index contributed by atoms with van der Waals surface area (Å²) in [6.07, 6.45) is 5.08. The minimum Gasteiger partial charge on any atom is -0.485 e. The monoisotopic (exact) mass is 380 g/mol. The quantitative estimate of drug-likeness (QED) is 0.655. The average Bonchev–Trinajstić information content (AvgIpc) is 3.18. The van der Waals surface area contributed by atoms with Crippen molar-refractivity contribution in [1.29, 1.82) is 0 Å². The van der Waals surface area contributed by atoms with E-state index in [0.717, 1.165) is 43.7 Å². The van der Waals surface area contributed by atoms with Crippen molar-refractivity contribution >= 4 is 5.91 Å². The summed E-state index contributed by atoms with van der Waals surface area (Å²) in [6.45, 7) is 8.57. The van der Waals surface area contributed by atoms with E-state index in [1.807, 2.05) is 0 Å². The minimum atomic E-state index is -1.26. The topological polar surface area (TPSA) is 82.5 Å². The maximum absolute atomic E-state index is 13.0. The number of hydroxylamine groups is 2. The molecule has 0 bridgehead atoms. The lowest BCUT2D eigenvalue weighted by Crippen LogP contribution is -2.63. The van der Waals surface area contributed by atoms with Crippen molar-refractivity contribution in [1.82, 2.24) is 9.96 Å². The fourth-order valence-corrected chi connectivity index (χ4v) is 4.70. The molecule has 3 aliphatic rings. The maximum atomic E-state index is 13.0. The summed E-state index contributed by atoms with van der Waals surface area (Å²) in [5, 5.41) is 22.5. The molecule has 0 unspecified atom stereocenters. The van der Waals surface area contributed by atoms with Crippen LogP contribution in [0.1, 0.15) is 52.4 Å². The standard InChI is InChI=1S/C20H32N2O5/c1-5-6-7-10-15-20(3,25)18(21-11-8-9-14(21)12-23)16-17(27-15)13(2)22(26-4)19(16)24/h14-15,18,23,25H,2,5-12H2,1,3-4H3/t14-,15+,18-,20+/m1/s1. The zero-order valence-corrected chi connectivity index (χ0v) is 16.6. The van der Waals surface area contributed by atoms with Gasteiger partial charge in [-0.15, -0.1) is 0 Å². The lowest BCUT2D eigenvalue weighted by Gasteiger charge is -2.48. The predicted molar refractivity (Wildman–Crippen MR) is 100 cm³/mol. The highest BCUT2D eigenvalue weighted by Crippen LogP contribution is 2.46. The van der Waals surface area contributed by atoms with E-state index < -0.39 is 17.7 Å². The molecular weight excluding hydrogens is 348 g/mol. The van der Waals surface area contributed by atoms with Crippen LogP contribution < -0.4 is 0 Å². The lowest BCUT2D eigenvalue weighted by molar-refractivity contribution is -0.160. The number of rotatable bonds is 7. The molecule has 0 aromatic carbocycles. The number of ether oxygens (including phenoxy) is 1. The maximum Gasteiger partial charge on any atom is 0.283 e. The molecule has 2 N–H and O–H groups in total. The largest absolute Gasteiger partial charge is 0.485 e. The summed E-state index contributed by atoms with van der Waals surface area (Å²) < 4.78 is 6.14. The zero-order chi connectivity index (χ0) is 19.8. The van der Waals surface area contributed by atoms with E-state index in [2.05, 4.69) is 18.4 Å². The lowest BCUT2D eigenvalue weighted by atomic mass is 9.79. The molecule has 0 spiro atoms. The van der Waals surface area contributed by atoms with Crippen LogP contribution in [0, 0.1) is 0 Å². The van der Waals surface area contributed by atoms with Gasteiger partial charge in [-0.05, 0) is 39.2 Å². The first-order chi connectivity index (χ1) is 12.9. The second-order valence-electron chi connectivity index (χ2n) is 7.92. The van der Waals surface area contributed by atoms with Crippen LogP contribution in [0.3, 0.4) is 0 Å². The molecular formula is C20H32N2O5. The third-order valence-corrected chi connectivity index (χ3v) is 6.12. The molecule has 1 fully saturated rings. The molecule has 0 radical (unpaired) electrons. The Morgan fingerprint density at radius 2 is 2.15 bits per heavy atom. The number of amides is 1. The van der Waals surface area contributed by atoms with Crippen molar-refractivity contribution in [2.24, 2.45) is 0 Å². The molecule has 7 nitrogen and oxygen atoms in total. The molecule has 4 atom stereocenters. The number of carbonyl (C=O) groups excluding carboxylic acids is 1. The predicted octanol–water partition coefficient (Wildman–Crippen LogP) is 1.71. The van der Waals surface area contributed by atoms with Gasteiger partial charge in [0.25, 0.3) is 5.91 Å². The molecule has 1 amide bonds. The number of carbonyl (C=O) groups is 1. The number of aliphatic hydroxyl groups is 2. The Hall–Kier alpha value is -1.41. The molecule has 0 aromatic heterocycles. The van der Waals surface area contributed by atoms with Crippen molar-refractivity contribution in [3.05, 3.63) is 23.6 Å². The average molecular weight is 380 g/mol. The van der Waals surface area contributed by atoms with Gasteiger partial charge in [0.05, 0.1) is 25.3 Å². The first-order valence-electron chi connectivity index (χ1n) is 9.96. The number of unbranched alkanes of at least 4 members (excludes halogenated alkanes) is 2. The van der Waals surface area contributed by atoms with Crippen LogP contribution in [0.25, 0.3) is 0 Å². The number of likely N-dealkylation sites (tertiary alicyclic amines) is 1. The van der Waals surface area contributed by atoms with E-state index >= 15 is 0 Å². The fourth-order valence-electron chi connectivity index (χ4n) is 4.70. The minimum absolute atomic E-state index is 0.000317. The molecule has 3 aliphatic heterocycles. The van der Waals surface area contributed by atoms with E-state index in [4.69, 9.17) is 9.57 Å².